The minimum Gasteiger partial charge on any atom is -0.480 e. The van der Waals surface area contributed by atoms with Crippen molar-refractivity contribution in [1.82, 2.24) is 4.90 Å². The summed E-state index contributed by atoms with van der Waals surface area (Å²) >= 11 is 0. The molecule has 1 aliphatic rings. The zero-order valence-electron chi connectivity index (χ0n) is 9.52. The maximum absolute atomic E-state index is 11.0. The summed E-state index contributed by atoms with van der Waals surface area (Å²) in [6, 6.07) is -0.456. The number of carbonyl (C=O) groups is 1. The van der Waals surface area contributed by atoms with Gasteiger partial charge in [0.05, 0.1) is 6.10 Å². The van der Waals surface area contributed by atoms with Gasteiger partial charge in [-0.3, -0.25) is 9.69 Å². The lowest BCUT2D eigenvalue weighted by Crippen LogP contribution is -2.50. The summed E-state index contributed by atoms with van der Waals surface area (Å²) in [6.45, 7) is 1.87. The van der Waals surface area contributed by atoms with Crippen LogP contribution >= 0.6 is 0 Å². The lowest BCUT2D eigenvalue weighted by molar-refractivity contribution is -0.145. The Bertz CT molecular complexity index is 220. The first-order valence-corrected chi connectivity index (χ1v) is 5.70. The van der Waals surface area contributed by atoms with Crippen LogP contribution < -0.4 is 0 Å². The van der Waals surface area contributed by atoms with Crippen molar-refractivity contribution < 1.29 is 15.0 Å². The number of carboxylic acids is 1. The van der Waals surface area contributed by atoms with Gasteiger partial charge >= 0.3 is 5.97 Å². The number of rotatable bonds is 4. The molecule has 3 unspecified atom stereocenters. The molecule has 0 aromatic carbocycles. The Balaban J connectivity index is 2.63. The van der Waals surface area contributed by atoms with Crippen molar-refractivity contribution in [2.24, 2.45) is 0 Å². The van der Waals surface area contributed by atoms with Crippen molar-refractivity contribution in [3.63, 3.8) is 0 Å². The molecule has 1 aliphatic carbocycles. The topological polar surface area (TPSA) is 60.8 Å². The summed E-state index contributed by atoms with van der Waals surface area (Å²) in [5, 5.41) is 18.9. The molecule has 4 heteroatoms. The van der Waals surface area contributed by atoms with Crippen LogP contribution in [0.15, 0.2) is 0 Å². The Labute approximate surface area is 90.9 Å². The molecule has 0 aromatic heterocycles. The number of aliphatic hydroxyl groups excluding tert-OH is 1. The van der Waals surface area contributed by atoms with Crippen LogP contribution in [0, 0.1) is 0 Å². The van der Waals surface area contributed by atoms with Crippen molar-refractivity contribution in [3.05, 3.63) is 0 Å². The molecule has 3 atom stereocenters. The van der Waals surface area contributed by atoms with E-state index >= 15 is 0 Å². The second kappa shape index (κ2) is 5.47. The molecule has 0 spiro atoms. The molecular formula is C11H21NO3. The van der Waals surface area contributed by atoms with Gasteiger partial charge in [-0.15, -0.1) is 0 Å². The van der Waals surface area contributed by atoms with Crippen molar-refractivity contribution >= 4 is 5.97 Å². The minimum absolute atomic E-state index is 0.0137. The van der Waals surface area contributed by atoms with Crippen LogP contribution in [0.3, 0.4) is 0 Å². The number of hydrogen-bond acceptors (Lipinski definition) is 3. The first kappa shape index (κ1) is 12.5. The normalized spacial score (nSPS) is 29.1. The van der Waals surface area contributed by atoms with Gasteiger partial charge in [-0.25, -0.2) is 0 Å². The Hall–Kier alpha value is -0.610. The Morgan fingerprint density at radius 1 is 1.47 bits per heavy atom. The van der Waals surface area contributed by atoms with Crippen LogP contribution in [0.4, 0.5) is 0 Å². The molecule has 15 heavy (non-hydrogen) atoms. The highest BCUT2D eigenvalue weighted by Crippen LogP contribution is 2.24. The lowest BCUT2D eigenvalue weighted by Gasteiger charge is -2.38. The average Bonchev–Trinajstić information content (AvgIpc) is 2.18. The van der Waals surface area contributed by atoms with E-state index in [0.717, 1.165) is 25.7 Å². The number of carboxylic acid groups (broad SMARTS) is 1. The van der Waals surface area contributed by atoms with Gasteiger partial charge in [-0.05, 0) is 26.3 Å². The third-order valence-corrected chi connectivity index (χ3v) is 3.38. The van der Waals surface area contributed by atoms with E-state index < -0.39 is 12.0 Å². The first-order valence-electron chi connectivity index (χ1n) is 5.70. The predicted molar refractivity (Wildman–Crippen MR) is 57.7 cm³/mol. The Kier molecular flexibility index (Phi) is 4.54. The van der Waals surface area contributed by atoms with Gasteiger partial charge < -0.3 is 10.2 Å². The van der Waals surface area contributed by atoms with Gasteiger partial charge in [-0.2, -0.15) is 0 Å². The van der Waals surface area contributed by atoms with Gasteiger partial charge in [-0.1, -0.05) is 19.8 Å². The Morgan fingerprint density at radius 3 is 2.53 bits per heavy atom. The summed E-state index contributed by atoms with van der Waals surface area (Å²) < 4.78 is 0. The molecule has 1 fully saturated rings. The van der Waals surface area contributed by atoms with Crippen LogP contribution in [0.5, 0.6) is 0 Å². The highest BCUT2D eigenvalue weighted by Gasteiger charge is 2.32. The molecule has 1 saturated carbocycles. The van der Waals surface area contributed by atoms with Gasteiger partial charge in [0, 0.05) is 6.04 Å². The summed E-state index contributed by atoms with van der Waals surface area (Å²) in [5.41, 5.74) is 0. The van der Waals surface area contributed by atoms with Crippen molar-refractivity contribution in [2.75, 3.05) is 7.05 Å². The molecule has 2 N–H and O–H groups in total. The lowest BCUT2D eigenvalue weighted by atomic mass is 9.90. The van der Waals surface area contributed by atoms with E-state index in [9.17, 15) is 9.90 Å². The molecule has 0 aromatic rings. The quantitative estimate of drug-likeness (QED) is 0.737. The van der Waals surface area contributed by atoms with E-state index in [4.69, 9.17) is 5.11 Å². The van der Waals surface area contributed by atoms with E-state index in [-0.39, 0.29) is 12.1 Å². The molecule has 4 nitrogen and oxygen atoms in total. The fraction of sp³-hybridized carbons (Fsp3) is 0.909. The van der Waals surface area contributed by atoms with Gasteiger partial charge in [0.2, 0.25) is 0 Å². The maximum atomic E-state index is 11.0. The van der Waals surface area contributed by atoms with Crippen LogP contribution in [0.25, 0.3) is 0 Å². The van der Waals surface area contributed by atoms with Crippen molar-refractivity contribution in [1.29, 1.82) is 0 Å². The summed E-state index contributed by atoms with van der Waals surface area (Å²) in [4.78, 5) is 12.8. The van der Waals surface area contributed by atoms with Crippen LogP contribution in [0.2, 0.25) is 0 Å². The molecule has 0 heterocycles. The number of hydrogen-bond donors (Lipinski definition) is 2. The van der Waals surface area contributed by atoms with E-state index in [2.05, 4.69) is 0 Å². The fourth-order valence-corrected chi connectivity index (χ4v) is 2.43. The maximum Gasteiger partial charge on any atom is 0.320 e. The summed E-state index contributed by atoms with van der Waals surface area (Å²) in [5.74, 6) is -0.794. The SMILES string of the molecule is CCC(C(=O)O)N(C)C1CCCCC1O. The molecular weight excluding hydrogens is 194 g/mol. The second-order valence-electron chi connectivity index (χ2n) is 4.35. The van der Waals surface area contributed by atoms with Crippen LogP contribution in [0.1, 0.15) is 39.0 Å². The smallest absolute Gasteiger partial charge is 0.320 e. The minimum atomic E-state index is -0.794. The first-order chi connectivity index (χ1) is 7.07. The standard InChI is InChI=1S/C11H21NO3/c1-3-8(11(14)15)12(2)9-6-4-5-7-10(9)13/h8-10,13H,3-7H2,1-2H3,(H,14,15). The van der Waals surface area contributed by atoms with Gasteiger partial charge in [0.25, 0.3) is 0 Å². The average molecular weight is 215 g/mol. The monoisotopic (exact) mass is 215 g/mol. The summed E-state index contributed by atoms with van der Waals surface area (Å²) in [7, 11) is 1.81. The largest absolute Gasteiger partial charge is 0.480 e. The highest BCUT2D eigenvalue weighted by molar-refractivity contribution is 5.73. The van der Waals surface area contributed by atoms with Gasteiger partial charge in [0.1, 0.15) is 6.04 Å². The molecule has 0 bridgehead atoms. The van der Waals surface area contributed by atoms with E-state index in [1.807, 2.05) is 18.9 Å². The van der Waals surface area contributed by atoms with E-state index in [1.54, 1.807) is 0 Å². The zero-order valence-corrected chi connectivity index (χ0v) is 9.52. The fourth-order valence-electron chi connectivity index (χ4n) is 2.43. The molecule has 0 saturated heterocycles. The zero-order chi connectivity index (χ0) is 11.4. The highest BCUT2D eigenvalue weighted by atomic mass is 16.4. The Morgan fingerprint density at radius 2 is 2.07 bits per heavy atom. The summed E-state index contributed by atoms with van der Waals surface area (Å²) in [6.07, 6.45) is 4.05. The molecule has 0 aliphatic heterocycles. The third-order valence-electron chi connectivity index (χ3n) is 3.38. The van der Waals surface area contributed by atoms with Crippen molar-refractivity contribution in [2.45, 2.75) is 57.2 Å². The molecule has 0 radical (unpaired) electrons. The van der Waals surface area contributed by atoms with E-state index in [0.29, 0.717) is 6.42 Å². The number of aliphatic hydroxyl groups is 1. The molecule has 88 valence electrons. The van der Waals surface area contributed by atoms with Gasteiger partial charge in [0.15, 0.2) is 0 Å². The van der Waals surface area contributed by atoms with Crippen LogP contribution in [-0.4, -0.2) is 46.3 Å². The van der Waals surface area contributed by atoms with Crippen LogP contribution in [-0.2, 0) is 4.79 Å². The number of nitrogens with zero attached hydrogens (tertiary/aromatic N) is 1. The predicted octanol–water partition coefficient (Wildman–Crippen LogP) is 1.08. The third kappa shape index (κ3) is 2.92. The van der Waals surface area contributed by atoms with Crippen molar-refractivity contribution in [3.8, 4) is 0 Å². The molecule has 1 rings (SSSR count). The number of likely N-dealkylation sites (N-methyl/N-ethyl adjacent to an activating group) is 1. The second-order valence-corrected chi connectivity index (χ2v) is 4.35. The number of aliphatic carboxylic acids is 1. The van der Waals surface area contributed by atoms with E-state index in [1.165, 1.54) is 0 Å². The molecule has 0 amide bonds.